The normalized spacial score (nSPS) is 11.9. The Kier molecular flexibility index (Phi) is 4.62. The molecule has 0 heterocycles. The van der Waals surface area contributed by atoms with E-state index in [1.807, 2.05) is 13.8 Å². The monoisotopic (exact) mass is 244 g/mol. The van der Waals surface area contributed by atoms with Crippen molar-refractivity contribution < 1.29 is 14.2 Å². The minimum atomic E-state index is -0.0135. The Hall–Kier alpha value is -1.22. The van der Waals surface area contributed by atoms with Crippen LogP contribution in [0.1, 0.15) is 25.3 Å². The lowest BCUT2D eigenvalue weighted by molar-refractivity contribution is 0.355. The van der Waals surface area contributed by atoms with Gasteiger partial charge in [0.15, 0.2) is 0 Å². The maximum atomic E-state index is 11.9. The molecule has 16 heavy (non-hydrogen) atoms. The van der Waals surface area contributed by atoms with Crippen LogP contribution in [0.15, 0.2) is 29.6 Å². The Bertz CT molecular complexity index is 389. The average molecular weight is 245 g/mol. The lowest BCUT2D eigenvalue weighted by Gasteiger charge is -2.11. The second-order valence-corrected chi connectivity index (χ2v) is 4.21. The smallest absolute Gasteiger partial charge is 0.126 e. The SMILES string of the molecule is CC(C)c1cc(OC/C(Cl)=C/F)ccc1O. The second kappa shape index (κ2) is 5.75. The Morgan fingerprint density at radius 2 is 2.25 bits per heavy atom. The van der Waals surface area contributed by atoms with Gasteiger partial charge in [-0.3, -0.25) is 0 Å². The standard InChI is InChI=1S/C12H14ClFO2/c1-8(2)11-5-10(3-4-12(11)15)16-7-9(13)6-14/h3-6,8,15H,7H2,1-2H3/b9-6-. The van der Waals surface area contributed by atoms with E-state index in [0.717, 1.165) is 5.56 Å². The second-order valence-electron chi connectivity index (χ2n) is 3.72. The van der Waals surface area contributed by atoms with E-state index in [1.165, 1.54) is 0 Å². The van der Waals surface area contributed by atoms with E-state index < -0.39 is 0 Å². The first-order chi connectivity index (χ1) is 7.54. The molecular formula is C12H14ClFO2. The fourth-order valence-corrected chi connectivity index (χ4v) is 1.32. The summed E-state index contributed by atoms with van der Waals surface area (Å²) in [6.07, 6.45) is 0.297. The van der Waals surface area contributed by atoms with E-state index in [0.29, 0.717) is 12.1 Å². The highest BCUT2D eigenvalue weighted by Crippen LogP contribution is 2.29. The zero-order valence-electron chi connectivity index (χ0n) is 9.21. The number of halogens is 2. The molecule has 0 spiro atoms. The van der Waals surface area contributed by atoms with Crippen molar-refractivity contribution in [2.45, 2.75) is 19.8 Å². The molecule has 1 rings (SSSR count). The van der Waals surface area contributed by atoms with Gasteiger partial charge in [-0.2, -0.15) is 0 Å². The molecular weight excluding hydrogens is 231 g/mol. The highest BCUT2D eigenvalue weighted by molar-refractivity contribution is 6.29. The van der Waals surface area contributed by atoms with E-state index in [-0.39, 0.29) is 23.3 Å². The number of hydrogen-bond donors (Lipinski definition) is 1. The molecule has 1 aromatic rings. The van der Waals surface area contributed by atoms with Gasteiger partial charge in [0.05, 0.1) is 5.03 Å². The molecule has 0 atom stereocenters. The molecule has 4 heteroatoms. The summed E-state index contributed by atoms with van der Waals surface area (Å²) in [5.74, 6) is 0.978. The third-order valence-corrected chi connectivity index (χ3v) is 2.31. The first-order valence-corrected chi connectivity index (χ1v) is 5.33. The van der Waals surface area contributed by atoms with Crippen LogP contribution in [0, 0.1) is 0 Å². The summed E-state index contributed by atoms with van der Waals surface area (Å²) >= 11 is 5.46. The van der Waals surface area contributed by atoms with Gasteiger partial charge in [-0.15, -0.1) is 0 Å². The molecule has 0 saturated carbocycles. The molecule has 0 amide bonds. The number of phenols is 1. The van der Waals surface area contributed by atoms with E-state index in [2.05, 4.69) is 0 Å². The summed E-state index contributed by atoms with van der Waals surface area (Å²) in [6, 6.07) is 4.89. The molecule has 88 valence electrons. The summed E-state index contributed by atoms with van der Waals surface area (Å²) in [5, 5.41) is 9.58. The number of rotatable bonds is 4. The van der Waals surface area contributed by atoms with Gasteiger partial charge in [0.25, 0.3) is 0 Å². The topological polar surface area (TPSA) is 29.5 Å². The molecule has 0 unspecified atom stereocenters. The number of phenolic OH excluding ortho intramolecular Hbond substituents is 1. The van der Waals surface area contributed by atoms with Crippen molar-refractivity contribution in [3.05, 3.63) is 35.1 Å². The third kappa shape index (κ3) is 3.42. The average Bonchev–Trinajstić information content (AvgIpc) is 2.27. The molecule has 1 aromatic carbocycles. The molecule has 0 saturated heterocycles. The molecule has 0 radical (unpaired) electrons. The van der Waals surface area contributed by atoms with Gasteiger partial charge in [0.1, 0.15) is 24.4 Å². The largest absolute Gasteiger partial charge is 0.508 e. The highest BCUT2D eigenvalue weighted by Gasteiger charge is 2.07. The van der Waals surface area contributed by atoms with E-state index >= 15 is 0 Å². The zero-order chi connectivity index (χ0) is 12.1. The highest BCUT2D eigenvalue weighted by atomic mass is 35.5. The van der Waals surface area contributed by atoms with Crippen LogP contribution in [0.25, 0.3) is 0 Å². The van der Waals surface area contributed by atoms with Crippen molar-refractivity contribution in [2.75, 3.05) is 6.61 Å². The molecule has 0 bridgehead atoms. The Balaban J connectivity index is 2.79. The Morgan fingerprint density at radius 1 is 1.56 bits per heavy atom. The third-order valence-electron chi connectivity index (χ3n) is 2.12. The summed E-state index contributed by atoms with van der Waals surface area (Å²) in [4.78, 5) is 0. The van der Waals surface area contributed by atoms with Crippen LogP contribution in [0.2, 0.25) is 0 Å². The zero-order valence-corrected chi connectivity index (χ0v) is 9.96. The molecule has 0 aliphatic heterocycles. The first-order valence-electron chi connectivity index (χ1n) is 4.95. The molecule has 0 fully saturated rings. The van der Waals surface area contributed by atoms with Gasteiger partial charge in [0.2, 0.25) is 0 Å². The minimum Gasteiger partial charge on any atom is -0.508 e. The van der Waals surface area contributed by atoms with Gasteiger partial charge in [0, 0.05) is 5.56 Å². The summed E-state index contributed by atoms with van der Waals surface area (Å²) in [7, 11) is 0. The van der Waals surface area contributed by atoms with Crippen LogP contribution in [-0.4, -0.2) is 11.7 Å². The maximum Gasteiger partial charge on any atom is 0.126 e. The number of benzene rings is 1. The maximum absolute atomic E-state index is 11.9. The van der Waals surface area contributed by atoms with E-state index in [9.17, 15) is 9.50 Å². The number of ether oxygens (including phenoxy) is 1. The van der Waals surface area contributed by atoms with Crippen molar-refractivity contribution >= 4 is 11.6 Å². The van der Waals surface area contributed by atoms with Crippen LogP contribution in [0.5, 0.6) is 11.5 Å². The quantitative estimate of drug-likeness (QED) is 0.869. The number of hydrogen-bond acceptors (Lipinski definition) is 2. The van der Waals surface area contributed by atoms with Gasteiger partial charge < -0.3 is 9.84 Å². The summed E-state index contributed by atoms with van der Waals surface area (Å²) in [5.41, 5.74) is 0.790. The van der Waals surface area contributed by atoms with Crippen LogP contribution in [0.3, 0.4) is 0 Å². The summed E-state index contributed by atoms with van der Waals surface area (Å²) in [6.45, 7) is 3.92. The molecule has 0 aromatic heterocycles. The van der Waals surface area contributed by atoms with Gasteiger partial charge in [-0.1, -0.05) is 25.4 Å². The fraction of sp³-hybridized carbons (Fsp3) is 0.333. The molecule has 0 aliphatic rings. The predicted octanol–water partition coefficient (Wildman–Crippen LogP) is 3.94. The van der Waals surface area contributed by atoms with Crippen LogP contribution >= 0.6 is 11.6 Å². The van der Waals surface area contributed by atoms with Crippen molar-refractivity contribution in [1.82, 2.24) is 0 Å². The lowest BCUT2D eigenvalue weighted by atomic mass is 10.0. The van der Waals surface area contributed by atoms with Gasteiger partial charge in [-0.05, 0) is 24.1 Å². The first kappa shape index (κ1) is 12.8. The predicted molar refractivity (Wildman–Crippen MR) is 62.7 cm³/mol. The van der Waals surface area contributed by atoms with Crippen molar-refractivity contribution in [1.29, 1.82) is 0 Å². The fourth-order valence-electron chi connectivity index (χ4n) is 1.27. The van der Waals surface area contributed by atoms with Gasteiger partial charge >= 0.3 is 0 Å². The lowest BCUT2D eigenvalue weighted by Crippen LogP contribution is -1.98. The van der Waals surface area contributed by atoms with Crippen molar-refractivity contribution in [3.8, 4) is 11.5 Å². The van der Waals surface area contributed by atoms with Gasteiger partial charge in [-0.25, -0.2) is 4.39 Å². The van der Waals surface area contributed by atoms with E-state index in [4.69, 9.17) is 16.3 Å². The van der Waals surface area contributed by atoms with Crippen molar-refractivity contribution in [3.63, 3.8) is 0 Å². The molecule has 1 N–H and O–H groups in total. The van der Waals surface area contributed by atoms with Crippen LogP contribution in [0.4, 0.5) is 4.39 Å². The van der Waals surface area contributed by atoms with Crippen LogP contribution < -0.4 is 4.74 Å². The summed E-state index contributed by atoms with van der Waals surface area (Å²) < 4.78 is 17.2. The Morgan fingerprint density at radius 3 is 2.81 bits per heavy atom. The molecule has 0 aliphatic carbocycles. The van der Waals surface area contributed by atoms with Crippen molar-refractivity contribution in [2.24, 2.45) is 0 Å². The molecule has 2 nitrogen and oxygen atoms in total. The van der Waals surface area contributed by atoms with E-state index in [1.54, 1.807) is 18.2 Å². The minimum absolute atomic E-state index is 0.000767. The Labute approximate surface area is 99.3 Å². The van der Waals surface area contributed by atoms with Crippen LogP contribution in [-0.2, 0) is 0 Å². The number of aromatic hydroxyl groups is 1.